The zero-order chi connectivity index (χ0) is 13.9. The van der Waals surface area contributed by atoms with Crippen LogP contribution in [-0.4, -0.2) is 22.0 Å². The van der Waals surface area contributed by atoms with Crippen molar-refractivity contribution < 1.29 is 4.74 Å². The van der Waals surface area contributed by atoms with E-state index in [0.717, 1.165) is 31.6 Å². The van der Waals surface area contributed by atoms with Crippen LogP contribution in [0.1, 0.15) is 58.1 Å². The number of rotatable bonds is 5. The van der Waals surface area contributed by atoms with E-state index in [9.17, 15) is 0 Å². The standard InChI is InChI=1S/C15H27N3O/c1-4-18-11-13(10-17-18)14(16)15(19-5-2)8-6-7-12(3)9-15/h10-12,14H,4-9,16H2,1-3H3. The average Bonchev–Trinajstić information content (AvgIpc) is 2.87. The third-order valence-electron chi connectivity index (χ3n) is 4.33. The van der Waals surface area contributed by atoms with Crippen molar-refractivity contribution >= 4 is 0 Å². The molecule has 1 aromatic heterocycles. The molecule has 1 fully saturated rings. The third-order valence-corrected chi connectivity index (χ3v) is 4.33. The molecule has 1 heterocycles. The summed E-state index contributed by atoms with van der Waals surface area (Å²) in [6.07, 6.45) is 8.56. The van der Waals surface area contributed by atoms with Gasteiger partial charge in [-0.2, -0.15) is 5.10 Å². The monoisotopic (exact) mass is 265 g/mol. The van der Waals surface area contributed by atoms with Gasteiger partial charge in [-0.05, 0) is 32.6 Å². The Labute approximate surface area is 116 Å². The molecule has 19 heavy (non-hydrogen) atoms. The first-order chi connectivity index (χ1) is 9.11. The van der Waals surface area contributed by atoms with Gasteiger partial charge in [0.1, 0.15) is 0 Å². The molecule has 4 heteroatoms. The van der Waals surface area contributed by atoms with E-state index in [-0.39, 0.29) is 11.6 Å². The first-order valence-corrected chi connectivity index (χ1v) is 7.53. The summed E-state index contributed by atoms with van der Waals surface area (Å²) in [6.45, 7) is 8.05. The number of aryl methyl sites for hydroxylation is 1. The second-order valence-electron chi connectivity index (χ2n) is 5.81. The van der Waals surface area contributed by atoms with E-state index in [4.69, 9.17) is 10.5 Å². The Kier molecular flexibility index (Phi) is 4.63. The smallest absolute Gasteiger partial charge is 0.0877 e. The summed E-state index contributed by atoms with van der Waals surface area (Å²) in [5.41, 5.74) is 7.44. The van der Waals surface area contributed by atoms with Crippen LogP contribution in [0.5, 0.6) is 0 Å². The van der Waals surface area contributed by atoms with E-state index in [1.54, 1.807) is 0 Å². The van der Waals surface area contributed by atoms with E-state index >= 15 is 0 Å². The van der Waals surface area contributed by atoms with Gasteiger partial charge in [-0.15, -0.1) is 0 Å². The highest BCUT2D eigenvalue weighted by Gasteiger charge is 2.42. The maximum absolute atomic E-state index is 6.54. The zero-order valence-corrected chi connectivity index (χ0v) is 12.4. The Balaban J connectivity index is 2.22. The van der Waals surface area contributed by atoms with Crippen LogP contribution < -0.4 is 5.73 Å². The van der Waals surface area contributed by atoms with Crippen LogP contribution in [0.15, 0.2) is 12.4 Å². The Bertz CT molecular complexity index is 400. The molecule has 1 saturated carbocycles. The van der Waals surface area contributed by atoms with E-state index in [1.807, 2.05) is 10.9 Å². The van der Waals surface area contributed by atoms with Crippen LogP contribution in [0.3, 0.4) is 0 Å². The van der Waals surface area contributed by atoms with E-state index in [2.05, 4.69) is 32.1 Å². The zero-order valence-electron chi connectivity index (χ0n) is 12.4. The number of nitrogens with two attached hydrogens (primary N) is 1. The fraction of sp³-hybridized carbons (Fsp3) is 0.800. The number of aromatic nitrogens is 2. The van der Waals surface area contributed by atoms with Crippen molar-refractivity contribution in [1.82, 2.24) is 9.78 Å². The third kappa shape index (κ3) is 3.00. The highest BCUT2D eigenvalue weighted by Crippen LogP contribution is 2.42. The van der Waals surface area contributed by atoms with Crippen LogP contribution in [0.25, 0.3) is 0 Å². The highest BCUT2D eigenvalue weighted by atomic mass is 16.5. The Morgan fingerprint density at radius 3 is 2.95 bits per heavy atom. The summed E-state index contributed by atoms with van der Waals surface area (Å²) in [7, 11) is 0. The van der Waals surface area contributed by atoms with Crippen LogP contribution >= 0.6 is 0 Å². The second-order valence-corrected chi connectivity index (χ2v) is 5.81. The number of nitrogens with zero attached hydrogens (tertiary/aromatic N) is 2. The summed E-state index contributed by atoms with van der Waals surface area (Å²) in [6, 6.07) is -0.0736. The van der Waals surface area contributed by atoms with E-state index in [0.29, 0.717) is 5.92 Å². The summed E-state index contributed by atoms with van der Waals surface area (Å²) >= 11 is 0. The van der Waals surface area contributed by atoms with Crippen molar-refractivity contribution in [3.63, 3.8) is 0 Å². The van der Waals surface area contributed by atoms with Crippen molar-refractivity contribution in [1.29, 1.82) is 0 Å². The van der Waals surface area contributed by atoms with Gasteiger partial charge in [0, 0.05) is 24.9 Å². The van der Waals surface area contributed by atoms with E-state index in [1.165, 1.54) is 12.8 Å². The molecule has 0 amide bonds. The van der Waals surface area contributed by atoms with Gasteiger partial charge in [0.25, 0.3) is 0 Å². The predicted octanol–water partition coefficient (Wildman–Crippen LogP) is 2.89. The minimum absolute atomic E-state index is 0.0736. The number of hydrogen-bond donors (Lipinski definition) is 1. The van der Waals surface area contributed by atoms with Gasteiger partial charge in [0.15, 0.2) is 0 Å². The Morgan fingerprint density at radius 1 is 1.58 bits per heavy atom. The van der Waals surface area contributed by atoms with Crippen LogP contribution in [0.4, 0.5) is 0 Å². The molecule has 0 aromatic carbocycles. The van der Waals surface area contributed by atoms with Crippen LogP contribution in [0.2, 0.25) is 0 Å². The summed E-state index contributed by atoms with van der Waals surface area (Å²) < 4.78 is 8.07. The highest BCUT2D eigenvalue weighted by molar-refractivity contribution is 5.16. The molecule has 108 valence electrons. The molecule has 3 unspecified atom stereocenters. The fourth-order valence-electron chi connectivity index (χ4n) is 3.35. The number of ether oxygens (including phenoxy) is 1. The molecule has 4 nitrogen and oxygen atoms in total. The van der Waals surface area contributed by atoms with Gasteiger partial charge in [-0.3, -0.25) is 4.68 Å². The van der Waals surface area contributed by atoms with E-state index < -0.39 is 0 Å². The molecular formula is C15H27N3O. The maximum atomic E-state index is 6.54. The Hall–Kier alpha value is -0.870. The molecule has 2 N–H and O–H groups in total. The topological polar surface area (TPSA) is 53.1 Å². The lowest BCUT2D eigenvalue weighted by molar-refractivity contribution is -0.0938. The van der Waals surface area contributed by atoms with Gasteiger partial charge in [0.2, 0.25) is 0 Å². The minimum atomic E-state index is -0.200. The lowest BCUT2D eigenvalue weighted by Gasteiger charge is -2.43. The molecule has 2 rings (SSSR count). The molecule has 0 radical (unpaired) electrons. The van der Waals surface area contributed by atoms with Crippen molar-refractivity contribution in [2.24, 2.45) is 11.7 Å². The first-order valence-electron chi connectivity index (χ1n) is 7.53. The normalized spacial score (nSPS) is 29.4. The molecule has 3 atom stereocenters. The molecule has 0 bridgehead atoms. The fourth-order valence-corrected chi connectivity index (χ4v) is 3.35. The van der Waals surface area contributed by atoms with Gasteiger partial charge in [-0.25, -0.2) is 0 Å². The minimum Gasteiger partial charge on any atom is -0.373 e. The molecule has 1 aromatic rings. The van der Waals surface area contributed by atoms with Crippen molar-refractivity contribution in [2.45, 2.75) is 64.6 Å². The van der Waals surface area contributed by atoms with Crippen molar-refractivity contribution in [2.75, 3.05) is 6.61 Å². The maximum Gasteiger partial charge on any atom is 0.0877 e. The Morgan fingerprint density at radius 2 is 2.37 bits per heavy atom. The quantitative estimate of drug-likeness (QED) is 0.890. The molecule has 1 aliphatic carbocycles. The first kappa shape index (κ1) is 14.5. The molecule has 0 aliphatic heterocycles. The van der Waals surface area contributed by atoms with Crippen molar-refractivity contribution in [3.05, 3.63) is 18.0 Å². The van der Waals surface area contributed by atoms with Crippen LogP contribution in [0, 0.1) is 5.92 Å². The number of hydrogen-bond acceptors (Lipinski definition) is 3. The predicted molar refractivity (Wildman–Crippen MR) is 76.8 cm³/mol. The summed E-state index contributed by atoms with van der Waals surface area (Å²) in [5.74, 6) is 0.688. The average molecular weight is 265 g/mol. The van der Waals surface area contributed by atoms with Crippen molar-refractivity contribution in [3.8, 4) is 0 Å². The lowest BCUT2D eigenvalue weighted by Crippen LogP contribution is -2.47. The summed E-state index contributed by atoms with van der Waals surface area (Å²) in [5, 5.41) is 4.34. The molecule has 1 aliphatic rings. The van der Waals surface area contributed by atoms with Crippen LogP contribution in [-0.2, 0) is 11.3 Å². The molecule has 0 spiro atoms. The van der Waals surface area contributed by atoms with Gasteiger partial charge < -0.3 is 10.5 Å². The van der Waals surface area contributed by atoms with Gasteiger partial charge >= 0.3 is 0 Å². The second kappa shape index (κ2) is 6.06. The molecular weight excluding hydrogens is 238 g/mol. The van der Waals surface area contributed by atoms with Gasteiger partial charge in [-0.1, -0.05) is 19.8 Å². The largest absolute Gasteiger partial charge is 0.373 e. The lowest BCUT2D eigenvalue weighted by atomic mass is 9.73. The molecule has 0 saturated heterocycles. The van der Waals surface area contributed by atoms with Gasteiger partial charge in [0.05, 0.1) is 17.8 Å². The summed E-state index contributed by atoms with van der Waals surface area (Å²) in [4.78, 5) is 0. The SMILES string of the molecule is CCOC1(C(N)c2cnn(CC)c2)CCCC(C)C1.